The summed E-state index contributed by atoms with van der Waals surface area (Å²) in [6, 6.07) is 3.08. The quantitative estimate of drug-likeness (QED) is 0.837. The molecule has 0 bridgehead atoms. The molecule has 1 aliphatic heterocycles. The molecule has 1 heterocycles. The smallest absolute Gasteiger partial charge is 0.323 e. The molecular formula is C13H16ClNO4S. The minimum absolute atomic E-state index is 0.244. The van der Waals surface area contributed by atoms with Crippen molar-refractivity contribution < 1.29 is 19.0 Å². The summed E-state index contributed by atoms with van der Waals surface area (Å²) >= 11 is 7.61. The van der Waals surface area contributed by atoms with E-state index in [9.17, 15) is 4.79 Å². The third kappa shape index (κ3) is 3.79. The predicted octanol–water partition coefficient (Wildman–Crippen LogP) is 1.94. The van der Waals surface area contributed by atoms with Crippen LogP contribution in [-0.2, 0) is 26.6 Å². The van der Waals surface area contributed by atoms with Crippen molar-refractivity contribution in [1.29, 1.82) is 0 Å². The van der Waals surface area contributed by atoms with Gasteiger partial charge >= 0.3 is 5.97 Å². The molecule has 0 radical (unpaired) electrons. The first-order valence-corrected chi connectivity index (χ1v) is 7.58. The molecule has 0 spiro atoms. The van der Waals surface area contributed by atoms with E-state index in [0.717, 1.165) is 16.9 Å². The van der Waals surface area contributed by atoms with Crippen molar-refractivity contribution in [2.45, 2.75) is 18.4 Å². The van der Waals surface area contributed by atoms with Gasteiger partial charge in [-0.05, 0) is 12.1 Å². The predicted molar refractivity (Wildman–Crippen MR) is 77.9 cm³/mol. The van der Waals surface area contributed by atoms with E-state index < -0.39 is 12.0 Å². The molecule has 0 saturated heterocycles. The van der Waals surface area contributed by atoms with Crippen LogP contribution in [0.2, 0.25) is 5.02 Å². The van der Waals surface area contributed by atoms with Gasteiger partial charge in [0.25, 0.3) is 0 Å². The number of ether oxygens (including phenoxy) is 3. The van der Waals surface area contributed by atoms with E-state index >= 15 is 0 Å². The minimum Gasteiger partial charge on any atom is -0.468 e. The second kappa shape index (κ2) is 7.17. The van der Waals surface area contributed by atoms with Crippen LogP contribution in [0.1, 0.15) is 11.1 Å². The topological polar surface area (TPSA) is 70.8 Å². The van der Waals surface area contributed by atoms with Crippen molar-refractivity contribution in [2.75, 3.05) is 19.7 Å². The Morgan fingerprint density at radius 3 is 3.15 bits per heavy atom. The first kappa shape index (κ1) is 15.4. The molecule has 0 fully saturated rings. The molecule has 0 amide bonds. The van der Waals surface area contributed by atoms with Crippen LogP contribution < -0.4 is 10.5 Å². The average Bonchev–Trinajstić information content (AvgIpc) is 2.45. The van der Waals surface area contributed by atoms with E-state index in [1.54, 1.807) is 0 Å². The van der Waals surface area contributed by atoms with Gasteiger partial charge in [0.05, 0.1) is 13.7 Å². The van der Waals surface area contributed by atoms with E-state index in [0.29, 0.717) is 23.1 Å². The fraction of sp³-hybridized carbons (Fsp3) is 0.462. The summed E-state index contributed by atoms with van der Waals surface area (Å²) in [5, 5.41) is 0.644. The van der Waals surface area contributed by atoms with E-state index in [1.165, 1.54) is 18.9 Å². The van der Waals surface area contributed by atoms with Gasteiger partial charge in [0.15, 0.2) is 6.79 Å². The first-order chi connectivity index (χ1) is 9.61. The molecule has 0 aromatic heterocycles. The largest absolute Gasteiger partial charge is 0.468 e. The number of benzene rings is 1. The normalized spacial score (nSPS) is 15.2. The number of rotatable bonds is 5. The number of hydrogen-bond donors (Lipinski definition) is 1. The molecule has 20 heavy (non-hydrogen) atoms. The highest BCUT2D eigenvalue weighted by Crippen LogP contribution is 2.33. The van der Waals surface area contributed by atoms with E-state index in [-0.39, 0.29) is 6.79 Å². The molecule has 0 saturated carbocycles. The van der Waals surface area contributed by atoms with Crippen LogP contribution in [-0.4, -0.2) is 31.7 Å². The molecule has 1 aromatic carbocycles. The fourth-order valence-electron chi connectivity index (χ4n) is 1.88. The van der Waals surface area contributed by atoms with E-state index in [4.69, 9.17) is 26.8 Å². The van der Waals surface area contributed by atoms with Crippen molar-refractivity contribution in [2.24, 2.45) is 5.73 Å². The molecule has 1 aliphatic rings. The summed E-state index contributed by atoms with van der Waals surface area (Å²) in [4.78, 5) is 11.2. The monoisotopic (exact) mass is 317 g/mol. The SMILES string of the molecule is COC(=O)C(N)CSCc1cc(Cl)cc2c1OCOC2. The summed E-state index contributed by atoms with van der Waals surface area (Å²) in [6.45, 7) is 0.739. The highest BCUT2D eigenvalue weighted by molar-refractivity contribution is 7.98. The molecular weight excluding hydrogens is 302 g/mol. The highest BCUT2D eigenvalue weighted by Gasteiger charge is 2.18. The van der Waals surface area contributed by atoms with Gasteiger partial charge in [0.2, 0.25) is 0 Å². The van der Waals surface area contributed by atoms with Gasteiger partial charge in [-0.1, -0.05) is 11.6 Å². The number of methoxy groups -OCH3 is 1. The number of hydrogen-bond acceptors (Lipinski definition) is 6. The summed E-state index contributed by atoms with van der Waals surface area (Å²) in [6.07, 6.45) is 0. The molecule has 5 nitrogen and oxygen atoms in total. The summed E-state index contributed by atoms with van der Waals surface area (Å²) in [5.41, 5.74) is 7.61. The lowest BCUT2D eigenvalue weighted by Gasteiger charge is -2.21. The summed E-state index contributed by atoms with van der Waals surface area (Å²) in [5.74, 6) is 1.55. The van der Waals surface area contributed by atoms with Gasteiger partial charge in [-0.2, -0.15) is 11.8 Å². The third-order valence-corrected chi connectivity index (χ3v) is 4.14. The second-order valence-corrected chi connectivity index (χ2v) is 5.78. The number of nitrogens with two attached hydrogens (primary N) is 1. The van der Waals surface area contributed by atoms with Gasteiger partial charge in [-0.3, -0.25) is 4.79 Å². The van der Waals surface area contributed by atoms with Crippen molar-refractivity contribution in [1.82, 2.24) is 0 Å². The zero-order valence-corrected chi connectivity index (χ0v) is 12.6. The van der Waals surface area contributed by atoms with Crippen LogP contribution in [0.25, 0.3) is 0 Å². The van der Waals surface area contributed by atoms with Crippen molar-refractivity contribution >= 4 is 29.3 Å². The maximum absolute atomic E-state index is 11.2. The van der Waals surface area contributed by atoms with Gasteiger partial charge in [0.1, 0.15) is 11.8 Å². The number of carbonyl (C=O) groups is 1. The number of thioether (sulfide) groups is 1. The van der Waals surface area contributed by atoms with Crippen LogP contribution in [0.15, 0.2) is 12.1 Å². The third-order valence-electron chi connectivity index (χ3n) is 2.81. The van der Waals surface area contributed by atoms with Crippen molar-refractivity contribution in [3.63, 3.8) is 0 Å². The van der Waals surface area contributed by atoms with Crippen LogP contribution in [0.4, 0.5) is 0 Å². The average molecular weight is 318 g/mol. The van der Waals surface area contributed by atoms with E-state index in [2.05, 4.69) is 4.74 Å². The maximum Gasteiger partial charge on any atom is 0.323 e. The molecule has 7 heteroatoms. The number of halogens is 1. The zero-order chi connectivity index (χ0) is 14.5. The van der Waals surface area contributed by atoms with Gasteiger partial charge in [-0.25, -0.2) is 0 Å². The Labute approximate surface area is 126 Å². The lowest BCUT2D eigenvalue weighted by molar-refractivity contribution is -0.141. The Morgan fingerprint density at radius 2 is 2.40 bits per heavy atom. The fourth-order valence-corrected chi connectivity index (χ4v) is 3.08. The van der Waals surface area contributed by atoms with Crippen LogP contribution in [0, 0.1) is 0 Å². The van der Waals surface area contributed by atoms with E-state index in [1.807, 2.05) is 12.1 Å². The molecule has 1 unspecified atom stereocenters. The Balaban J connectivity index is 1.99. The number of carbonyl (C=O) groups excluding carboxylic acids is 1. The van der Waals surface area contributed by atoms with Gasteiger partial charge < -0.3 is 19.9 Å². The number of fused-ring (bicyclic) bond motifs is 1. The van der Waals surface area contributed by atoms with Crippen LogP contribution in [0.3, 0.4) is 0 Å². The Kier molecular flexibility index (Phi) is 5.54. The van der Waals surface area contributed by atoms with Crippen LogP contribution >= 0.6 is 23.4 Å². The maximum atomic E-state index is 11.2. The minimum atomic E-state index is -0.621. The standard InChI is InChI=1S/C13H16ClNO4S/c1-17-13(16)11(15)6-20-5-9-3-10(14)2-8-4-18-7-19-12(8)9/h2-3,11H,4-7,15H2,1H3. The molecule has 1 aromatic rings. The molecule has 110 valence electrons. The van der Waals surface area contributed by atoms with Gasteiger partial charge in [0, 0.05) is 27.7 Å². The second-order valence-electron chi connectivity index (χ2n) is 4.31. The lowest BCUT2D eigenvalue weighted by atomic mass is 10.1. The van der Waals surface area contributed by atoms with Crippen LogP contribution in [0.5, 0.6) is 5.75 Å². The first-order valence-electron chi connectivity index (χ1n) is 6.05. The van der Waals surface area contributed by atoms with Crippen molar-refractivity contribution in [3.8, 4) is 5.75 Å². The molecule has 1 atom stereocenters. The van der Waals surface area contributed by atoms with Crippen molar-refractivity contribution in [3.05, 3.63) is 28.3 Å². The van der Waals surface area contributed by atoms with Gasteiger partial charge in [-0.15, -0.1) is 0 Å². The summed E-state index contributed by atoms with van der Waals surface area (Å²) in [7, 11) is 1.33. The molecule has 0 aliphatic carbocycles. The number of esters is 1. The highest BCUT2D eigenvalue weighted by atomic mass is 35.5. The lowest BCUT2D eigenvalue weighted by Crippen LogP contribution is -2.33. The Bertz CT molecular complexity index is 498. The molecule has 2 N–H and O–H groups in total. The Hall–Kier alpha value is -0.950. The molecule has 2 rings (SSSR count). The zero-order valence-electron chi connectivity index (χ0n) is 11.1. The Morgan fingerprint density at radius 1 is 1.60 bits per heavy atom. The summed E-state index contributed by atoms with van der Waals surface area (Å²) < 4.78 is 15.3.